The van der Waals surface area contributed by atoms with Crippen molar-refractivity contribution in [3.63, 3.8) is 0 Å². The first-order valence-electron chi connectivity index (χ1n) is 7.12. The number of rotatable bonds is 8. The SMILES string of the molecule is CCCC(N)C(=O)Nc1ccc(C(=O)NCCOC)c(Cl)c1.Cl. The first-order valence-corrected chi connectivity index (χ1v) is 7.50. The predicted octanol–water partition coefficient (Wildman–Crippen LogP) is 2.20. The van der Waals surface area contributed by atoms with Crippen LogP contribution in [0.1, 0.15) is 30.1 Å². The van der Waals surface area contributed by atoms with Gasteiger partial charge in [-0.25, -0.2) is 0 Å². The van der Waals surface area contributed by atoms with E-state index in [0.717, 1.165) is 6.42 Å². The smallest absolute Gasteiger partial charge is 0.252 e. The van der Waals surface area contributed by atoms with E-state index < -0.39 is 6.04 Å². The predicted molar refractivity (Wildman–Crippen MR) is 94.4 cm³/mol. The molecule has 0 bridgehead atoms. The van der Waals surface area contributed by atoms with Crippen molar-refractivity contribution < 1.29 is 14.3 Å². The monoisotopic (exact) mass is 363 g/mol. The average molecular weight is 364 g/mol. The molecule has 0 saturated heterocycles. The van der Waals surface area contributed by atoms with E-state index in [1.54, 1.807) is 19.2 Å². The molecule has 1 unspecified atom stereocenters. The van der Waals surface area contributed by atoms with E-state index in [-0.39, 0.29) is 29.2 Å². The lowest BCUT2D eigenvalue weighted by Gasteiger charge is -2.12. The second-order valence-corrected chi connectivity index (χ2v) is 5.23. The summed E-state index contributed by atoms with van der Waals surface area (Å²) in [5, 5.41) is 5.63. The summed E-state index contributed by atoms with van der Waals surface area (Å²) in [5.41, 5.74) is 6.59. The zero-order valence-corrected chi connectivity index (χ0v) is 14.8. The number of benzene rings is 1. The minimum Gasteiger partial charge on any atom is -0.383 e. The van der Waals surface area contributed by atoms with Gasteiger partial charge in [-0.2, -0.15) is 0 Å². The highest BCUT2D eigenvalue weighted by molar-refractivity contribution is 6.34. The third-order valence-corrected chi connectivity index (χ3v) is 3.32. The number of anilines is 1. The van der Waals surface area contributed by atoms with E-state index >= 15 is 0 Å². The maximum absolute atomic E-state index is 11.9. The molecule has 1 atom stereocenters. The zero-order valence-electron chi connectivity index (χ0n) is 13.2. The molecule has 1 aromatic carbocycles. The number of nitrogens with two attached hydrogens (primary N) is 1. The Labute approximate surface area is 147 Å². The van der Waals surface area contributed by atoms with Crippen LogP contribution < -0.4 is 16.4 Å². The molecule has 2 amide bonds. The van der Waals surface area contributed by atoms with Crippen LogP contribution in [0.15, 0.2) is 18.2 Å². The first-order chi connectivity index (χ1) is 10.5. The van der Waals surface area contributed by atoms with Crippen LogP contribution >= 0.6 is 24.0 Å². The Kier molecular flexibility index (Phi) is 10.6. The van der Waals surface area contributed by atoms with Gasteiger partial charge in [0.25, 0.3) is 5.91 Å². The summed E-state index contributed by atoms with van der Waals surface area (Å²) in [4.78, 5) is 23.7. The van der Waals surface area contributed by atoms with Crippen molar-refractivity contribution in [2.24, 2.45) is 5.73 Å². The number of methoxy groups -OCH3 is 1. The molecule has 0 aromatic heterocycles. The summed E-state index contributed by atoms with van der Waals surface area (Å²) < 4.78 is 4.86. The molecule has 0 saturated carbocycles. The molecular weight excluding hydrogens is 341 g/mol. The fraction of sp³-hybridized carbons (Fsp3) is 0.467. The van der Waals surface area contributed by atoms with Gasteiger partial charge in [0.2, 0.25) is 5.91 Å². The number of amides is 2. The lowest BCUT2D eigenvalue weighted by molar-refractivity contribution is -0.117. The Morgan fingerprint density at radius 1 is 1.39 bits per heavy atom. The van der Waals surface area contributed by atoms with Crippen LogP contribution in [-0.2, 0) is 9.53 Å². The molecule has 6 nitrogen and oxygen atoms in total. The Bertz CT molecular complexity index is 527. The van der Waals surface area contributed by atoms with E-state index in [2.05, 4.69) is 10.6 Å². The number of hydrogen-bond acceptors (Lipinski definition) is 4. The molecule has 130 valence electrons. The van der Waals surface area contributed by atoms with Crippen LogP contribution in [0.25, 0.3) is 0 Å². The molecule has 8 heteroatoms. The standard InChI is InChI=1S/C15H22ClN3O3.ClH/c1-3-4-13(17)15(21)19-10-5-6-11(12(16)9-10)14(20)18-7-8-22-2;/h5-6,9,13H,3-4,7-8,17H2,1-2H3,(H,18,20)(H,19,21);1H. The Morgan fingerprint density at radius 2 is 2.09 bits per heavy atom. The van der Waals surface area contributed by atoms with Gasteiger partial charge in [0.1, 0.15) is 0 Å². The minimum absolute atomic E-state index is 0. The first kappa shape index (κ1) is 21.7. The third kappa shape index (κ3) is 7.18. The highest BCUT2D eigenvalue weighted by Crippen LogP contribution is 2.21. The molecule has 0 aliphatic rings. The van der Waals surface area contributed by atoms with Gasteiger partial charge >= 0.3 is 0 Å². The summed E-state index contributed by atoms with van der Waals surface area (Å²) in [6.07, 6.45) is 1.44. The fourth-order valence-corrected chi connectivity index (χ4v) is 2.08. The van der Waals surface area contributed by atoms with Gasteiger partial charge in [0, 0.05) is 19.3 Å². The summed E-state index contributed by atoms with van der Waals surface area (Å²) >= 11 is 6.09. The molecule has 1 rings (SSSR count). The van der Waals surface area contributed by atoms with Crippen molar-refractivity contribution >= 4 is 41.5 Å². The Hall–Kier alpha value is -1.34. The number of hydrogen-bond donors (Lipinski definition) is 3. The topological polar surface area (TPSA) is 93.5 Å². The maximum atomic E-state index is 11.9. The summed E-state index contributed by atoms with van der Waals surface area (Å²) in [6, 6.07) is 4.16. The molecule has 4 N–H and O–H groups in total. The Morgan fingerprint density at radius 3 is 2.65 bits per heavy atom. The highest BCUT2D eigenvalue weighted by atomic mass is 35.5. The van der Waals surface area contributed by atoms with Gasteiger partial charge in [-0.3, -0.25) is 9.59 Å². The molecule has 0 fully saturated rings. The van der Waals surface area contributed by atoms with Crippen molar-refractivity contribution in [2.45, 2.75) is 25.8 Å². The molecule has 0 spiro atoms. The Balaban J connectivity index is 0.00000484. The molecule has 0 aliphatic carbocycles. The quantitative estimate of drug-likeness (QED) is 0.617. The van der Waals surface area contributed by atoms with Crippen molar-refractivity contribution in [3.8, 4) is 0 Å². The third-order valence-electron chi connectivity index (χ3n) is 3.01. The molecule has 0 heterocycles. The molecular formula is C15H23Cl2N3O3. The van der Waals surface area contributed by atoms with Crippen LogP contribution in [0.2, 0.25) is 5.02 Å². The van der Waals surface area contributed by atoms with E-state index in [4.69, 9.17) is 22.1 Å². The van der Waals surface area contributed by atoms with Gasteiger partial charge in [-0.1, -0.05) is 24.9 Å². The van der Waals surface area contributed by atoms with Gasteiger partial charge < -0.3 is 21.1 Å². The molecule has 0 radical (unpaired) electrons. The van der Waals surface area contributed by atoms with Gasteiger partial charge in [-0.05, 0) is 24.6 Å². The molecule has 23 heavy (non-hydrogen) atoms. The second kappa shape index (κ2) is 11.2. The highest BCUT2D eigenvalue weighted by Gasteiger charge is 2.14. The normalized spacial score (nSPS) is 11.3. The summed E-state index contributed by atoms with van der Waals surface area (Å²) in [6.45, 7) is 2.78. The van der Waals surface area contributed by atoms with E-state index in [9.17, 15) is 9.59 Å². The van der Waals surface area contributed by atoms with Crippen LogP contribution in [0, 0.1) is 0 Å². The number of nitrogens with one attached hydrogen (secondary N) is 2. The molecule has 0 aliphatic heterocycles. The zero-order chi connectivity index (χ0) is 16.5. The van der Waals surface area contributed by atoms with Gasteiger partial charge in [0.05, 0.1) is 23.2 Å². The average Bonchev–Trinajstić information content (AvgIpc) is 2.47. The van der Waals surface area contributed by atoms with Gasteiger partial charge in [-0.15, -0.1) is 12.4 Å². The minimum atomic E-state index is -0.555. The lowest BCUT2D eigenvalue weighted by Crippen LogP contribution is -2.35. The maximum Gasteiger partial charge on any atom is 0.252 e. The van der Waals surface area contributed by atoms with Crippen LogP contribution in [0.4, 0.5) is 5.69 Å². The van der Waals surface area contributed by atoms with Crippen LogP contribution in [0.5, 0.6) is 0 Å². The second-order valence-electron chi connectivity index (χ2n) is 4.83. The van der Waals surface area contributed by atoms with Crippen molar-refractivity contribution in [3.05, 3.63) is 28.8 Å². The number of halogens is 2. The van der Waals surface area contributed by atoms with E-state index in [1.807, 2.05) is 6.92 Å². The van der Waals surface area contributed by atoms with E-state index in [0.29, 0.717) is 30.8 Å². The lowest BCUT2D eigenvalue weighted by atomic mass is 10.1. The summed E-state index contributed by atoms with van der Waals surface area (Å²) in [5.74, 6) is -0.558. The van der Waals surface area contributed by atoms with Crippen LogP contribution in [-0.4, -0.2) is 38.1 Å². The largest absolute Gasteiger partial charge is 0.383 e. The van der Waals surface area contributed by atoms with Crippen molar-refractivity contribution in [1.82, 2.24) is 5.32 Å². The molecule has 1 aromatic rings. The number of ether oxygens (including phenoxy) is 1. The van der Waals surface area contributed by atoms with E-state index in [1.165, 1.54) is 6.07 Å². The summed E-state index contributed by atoms with van der Waals surface area (Å²) in [7, 11) is 1.56. The van der Waals surface area contributed by atoms with Gasteiger partial charge in [0.15, 0.2) is 0 Å². The number of carbonyl (C=O) groups excluding carboxylic acids is 2. The fourth-order valence-electron chi connectivity index (χ4n) is 1.82. The van der Waals surface area contributed by atoms with Crippen molar-refractivity contribution in [2.75, 3.05) is 25.6 Å². The van der Waals surface area contributed by atoms with Crippen molar-refractivity contribution in [1.29, 1.82) is 0 Å². The number of carbonyl (C=O) groups is 2. The van der Waals surface area contributed by atoms with Crippen LogP contribution in [0.3, 0.4) is 0 Å².